The van der Waals surface area contributed by atoms with Crippen LogP contribution in [0.15, 0.2) is 47.5 Å². The second kappa shape index (κ2) is 7.69. The van der Waals surface area contributed by atoms with Crippen molar-refractivity contribution in [2.75, 3.05) is 5.32 Å². The van der Waals surface area contributed by atoms with Crippen molar-refractivity contribution in [3.63, 3.8) is 0 Å². The summed E-state index contributed by atoms with van der Waals surface area (Å²) in [6.07, 6.45) is -2.57. The molecule has 0 saturated carbocycles. The third-order valence-corrected chi connectivity index (χ3v) is 5.14. The molecule has 4 aromatic rings. The van der Waals surface area contributed by atoms with Crippen LogP contribution in [0.3, 0.4) is 0 Å². The number of imidazole rings is 1. The molecule has 0 spiro atoms. The fourth-order valence-electron chi connectivity index (χ4n) is 3.09. The number of hydrogen-bond donors (Lipinski definition) is 1. The molecular weight excluding hydrogens is 433 g/mol. The van der Waals surface area contributed by atoms with E-state index in [4.69, 9.17) is 11.6 Å². The van der Waals surface area contributed by atoms with Gasteiger partial charge in [0.1, 0.15) is 10.8 Å². The van der Waals surface area contributed by atoms with E-state index in [0.29, 0.717) is 6.20 Å². The van der Waals surface area contributed by atoms with Crippen LogP contribution in [0.4, 0.5) is 18.9 Å². The SMILES string of the molecule is Cc1ccc2c(c1)nc(CNc1cnn(-c3ccc(C(F)(F)F)cn3)c(=O)c1Cl)n2C. The van der Waals surface area contributed by atoms with Crippen LogP contribution in [0, 0.1) is 6.92 Å². The van der Waals surface area contributed by atoms with Gasteiger partial charge in [0.05, 0.1) is 35.0 Å². The van der Waals surface area contributed by atoms with Gasteiger partial charge in [-0.3, -0.25) is 4.79 Å². The highest BCUT2D eigenvalue weighted by Crippen LogP contribution is 2.28. The van der Waals surface area contributed by atoms with Gasteiger partial charge in [-0.15, -0.1) is 0 Å². The first kappa shape index (κ1) is 20.9. The average Bonchev–Trinajstić information content (AvgIpc) is 3.03. The fraction of sp³-hybridized carbons (Fsp3) is 0.200. The Hall–Kier alpha value is -3.40. The maximum atomic E-state index is 12.7. The van der Waals surface area contributed by atoms with Gasteiger partial charge in [0, 0.05) is 13.2 Å². The molecule has 7 nitrogen and oxygen atoms in total. The van der Waals surface area contributed by atoms with Crippen LogP contribution < -0.4 is 10.9 Å². The summed E-state index contributed by atoms with van der Waals surface area (Å²) >= 11 is 6.19. The molecular formula is C20H16ClF3N6O. The quantitative estimate of drug-likeness (QED) is 0.508. The molecule has 4 rings (SSSR count). The molecule has 1 aromatic carbocycles. The number of aryl methyl sites for hydroxylation is 2. The molecule has 0 atom stereocenters. The molecule has 3 aromatic heterocycles. The number of benzene rings is 1. The minimum absolute atomic E-state index is 0.0721. The molecule has 1 N–H and O–H groups in total. The molecule has 0 amide bonds. The van der Waals surface area contributed by atoms with Gasteiger partial charge in [-0.25, -0.2) is 9.97 Å². The first-order valence-electron chi connectivity index (χ1n) is 9.12. The Bertz CT molecular complexity index is 1330. The van der Waals surface area contributed by atoms with Gasteiger partial charge in [0.25, 0.3) is 5.56 Å². The monoisotopic (exact) mass is 448 g/mol. The highest BCUT2D eigenvalue weighted by atomic mass is 35.5. The molecule has 160 valence electrons. The number of anilines is 1. The highest BCUT2D eigenvalue weighted by Gasteiger charge is 2.30. The average molecular weight is 449 g/mol. The van der Waals surface area contributed by atoms with E-state index in [0.717, 1.165) is 39.2 Å². The third-order valence-electron chi connectivity index (χ3n) is 4.78. The fourth-order valence-corrected chi connectivity index (χ4v) is 3.29. The van der Waals surface area contributed by atoms with E-state index in [9.17, 15) is 18.0 Å². The lowest BCUT2D eigenvalue weighted by Crippen LogP contribution is -2.24. The molecule has 0 aliphatic rings. The molecule has 0 fully saturated rings. The Morgan fingerprint density at radius 1 is 1.16 bits per heavy atom. The van der Waals surface area contributed by atoms with Crippen LogP contribution in [0.5, 0.6) is 0 Å². The highest BCUT2D eigenvalue weighted by molar-refractivity contribution is 6.32. The van der Waals surface area contributed by atoms with Crippen molar-refractivity contribution in [1.82, 2.24) is 24.3 Å². The van der Waals surface area contributed by atoms with Crippen LogP contribution in [0.25, 0.3) is 16.9 Å². The zero-order valence-corrected chi connectivity index (χ0v) is 17.2. The number of pyridine rings is 1. The normalized spacial score (nSPS) is 11.8. The van der Waals surface area contributed by atoms with Crippen molar-refractivity contribution in [2.24, 2.45) is 7.05 Å². The van der Waals surface area contributed by atoms with Crippen molar-refractivity contribution >= 4 is 28.3 Å². The van der Waals surface area contributed by atoms with E-state index >= 15 is 0 Å². The number of aromatic nitrogens is 5. The van der Waals surface area contributed by atoms with Crippen LogP contribution >= 0.6 is 11.6 Å². The van der Waals surface area contributed by atoms with Gasteiger partial charge in [-0.05, 0) is 36.8 Å². The van der Waals surface area contributed by atoms with Gasteiger partial charge in [-0.1, -0.05) is 17.7 Å². The second-order valence-electron chi connectivity index (χ2n) is 6.92. The minimum Gasteiger partial charge on any atom is -0.375 e. The zero-order chi connectivity index (χ0) is 22.3. The Balaban J connectivity index is 1.58. The summed E-state index contributed by atoms with van der Waals surface area (Å²) in [5.41, 5.74) is 1.56. The lowest BCUT2D eigenvalue weighted by atomic mass is 10.2. The van der Waals surface area contributed by atoms with Crippen LogP contribution in [-0.2, 0) is 19.8 Å². The van der Waals surface area contributed by atoms with Crippen LogP contribution in [0.2, 0.25) is 5.02 Å². The van der Waals surface area contributed by atoms with Crippen LogP contribution in [-0.4, -0.2) is 24.3 Å². The minimum atomic E-state index is -4.52. The third kappa shape index (κ3) is 3.98. The van der Waals surface area contributed by atoms with Gasteiger partial charge >= 0.3 is 6.18 Å². The van der Waals surface area contributed by atoms with Crippen molar-refractivity contribution in [3.05, 3.63) is 75.1 Å². The van der Waals surface area contributed by atoms with Crippen LogP contribution in [0.1, 0.15) is 17.0 Å². The van der Waals surface area contributed by atoms with E-state index < -0.39 is 17.3 Å². The summed E-state index contributed by atoms with van der Waals surface area (Å²) in [4.78, 5) is 20.8. The zero-order valence-electron chi connectivity index (χ0n) is 16.4. The van der Waals surface area contributed by atoms with Crippen molar-refractivity contribution < 1.29 is 13.2 Å². The van der Waals surface area contributed by atoms with Crippen molar-refractivity contribution in [2.45, 2.75) is 19.6 Å². The summed E-state index contributed by atoms with van der Waals surface area (Å²) in [6.45, 7) is 2.27. The predicted octanol–water partition coefficient (Wildman–Crippen LogP) is 4.11. The smallest absolute Gasteiger partial charge is 0.375 e. The van der Waals surface area contributed by atoms with Gasteiger partial charge in [0.15, 0.2) is 5.82 Å². The second-order valence-corrected chi connectivity index (χ2v) is 7.30. The van der Waals surface area contributed by atoms with E-state index in [1.165, 1.54) is 6.20 Å². The largest absolute Gasteiger partial charge is 0.417 e. The Kier molecular flexibility index (Phi) is 5.18. The maximum Gasteiger partial charge on any atom is 0.417 e. The lowest BCUT2D eigenvalue weighted by molar-refractivity contribution is -0.137. The van der Waals surface area contributed by atoms with Crippen molar-refractivity contribution in [1.29, 1.82) is 0 Å². The number of nitrogens with zero attached hydrogens (tertiary/aromatic N) is 5. The Labute approximate surface area is 179 Å². The number of alkyl halides is 3. The Morgan fingerprint density at radius 2 is 1.94 bits per heavy atom. The first-order valence-corrected chi connectivity index (χ1v) is 9.50. The molecule has 0 aliphatic heterocycles. The number of fused-ring (bicyclic) bond motifs is 1. The summed E-state index contributed by atoms with van der Waals surface area (Å²) in [5, 5.41) is 6.85. The molecule has 0 unspecified atom stereocenters. The lowest BCUT2D eigenvalue weighted by Gasteiger charge is -2.11. The Morgan fingerprint density at radius 3 is 2.61 bits per heavy atom. The summed E-state index contributed by atoms with van der Waals surface area (Å²) in [5.74, 6) is 0.655. The van der Waals surface area contributed by atoms with E-state index in [2.05, 4.69) is 20.4 Å². The predicted molar refractivity (Wildman–Crippen MR) is 110 cm³/mol. The number of rotatable bonds is 4. The first-order chi connectivity index (χ1) is 14.6. The molecule has 0 bridgehead atoms. The molecule has 11 heteroatoms. The maximum absolute atomic E-state index is 12.7. The number of nitrogens with one attached hydrogen (secondary N) is 1. The summed E-state index contributed by atoms with van der Waals surface area (Å²) in [7, 11) is 1.88. The molecule has 0 saturated heterocycles. The van der Waals surface area contributed by atoms with Crippen molar-refractivity contribution in [3.8, 4) is 5.82 Å². The molecule has 0 radical (unpaired) electrons. The molecule has 0 aliphatic carbocycles. The van der Waals surface area contributed by atoms with Gasteiger partial charge in [0.2, 0.25) is 0 Å². The van der Waals surface area contributed by atoms with E-state index in [1.807, 2.05) is 36.7 Å². The van der Waals surface area contributed by atoms with Gasteiger partial charge < -0.3 is 9.88 Å². The number of halogens is 4. The van der Waals surface area contributed by atoms with Gasteiger partial charge in [-0.2, -0.15) is 23.0 Å². The molecule has 3 heterocycles. The van der Waals surface area contributed by atoms with E-state index in [1.54, 1.807) is 0 Å². The topological polar surface area (TPSA) is 77.6 Å². The summed E-state index contributed by atoms with van der Waals surface area (Å²) < 4.78 is 40.9. The number of hydrogen-bond acceptors (Lipinski definition) is 5. The summed E-state index contributed by atoms with van der Waals surface area (Å²) in [6, 6.07) is 7.84. The standard InChI is InChI=1S/C20H16ClF3N6O/c1-11-3-5-15-13(7-11)28-17(29(15)2)10-25-14-9-27-30(19(31)18(14)21)16-6-4-12(8-26-16)20(22,23)24/h3-9,25H,10H2,1-2H3. The molecule has 31 heavy (non-hydrogen) atoms. The van der Waals surface area contributed by atoms with E-state index in [-0.39, 0.29) is 23.1 Å².